The summed E-state index contributed by atoms with van der Waals surface area (Å²) < 4.78 is 16.3. The second-order valence-electron chi connectivity index (χ2n) is 6.79. The Kier molecular flexibility index (Phi) is 5.73. The fourth-order valence-corrected chi connectivity index (χ4v) is 3.51. The number of nitrogens with zero attached hydrogens (tertiary/aromatic N) is 2. The summed E-state index contributed by atoms with van der Waals surface area (Å²) in [7, 11) is 0. The molecule has 4 atom stereocenters. The van der Waals surface area contributed by atoms with Gasteiger partial charge in [-0.25, -0.2) is 0 Å². The molecule has 0 radical (unpaired) electrons. The smallest absolute Gasteiger partial charge is 0.303 e. The van der Waals surface area contributed by atoms with Gasteiger partial charge in [-0.2, -0.15) is 4.98 Å². The van der Waals surface area contributed by atoms with Crippen LogP contribution in [-0.4, -0.2) is 64.8 Å². The molecule has 162 valence electrons. The van der Waals surface area contributed by atoms with Crippen molar-refractivity contribution in [2.45, 2.75) is 52.2 Å². The van der Waals surface area contributed by atoms with E-state index in [2.05, 4.69) is 20.6 Å². The van der Waals surface area contributed by atoms with Crippen molar-refractivity contribution in [1.82, 2.24) is 9.97 Å². The molecule has 1 aromatic rings. The number of aromatic nitrogens is 2. The molecular formula is C17H21N5O8. The Balaban J connectivity index is 2.10. The van der Waals surface area contributed by atoms with E-state index in [4.69, 9.17) is 14.2 Å². The standard InChI is InChI=1S/C17H21N5O8/c1-6(23)18-17-20-14-12(15(27)21-17)22(7(2)24)11-13(30-9(4)26)10(29-8(3)25)5-28-16(11)19-14/h10-11,13,16H,5H2,1-4H3,(H3,18,19,20,21,23,27)/t10-,11+,13-,16-/m0/s1. The Morgan fingerprint density at radius 2 is 1.80 bits per heavy atom. The number of rotatable bonds is 3. The number of H-pyrrole nitrogens is 1. The fraction of sp³-hybridized carbons (Fsp3) is 0.529. The number of hydrogen-bond donors (Lipinski definition) is 3. The second-order valence-corrected chi connectivity index (χ2v) is 6.79. The first-order chi connectivity index (χ1) is 14.1. The summed E-state index contributed by atoms with van der Waals surface area (Å²) in [5.41, 5.74) is -0.872. The maximum atomic E-state index is 12.7. The van der Waals surface area contributed by atoms with Crippen molar-refractivity contribution in [2.75, 3.05) is 22.1 Å². The number of esters is 2. The number of ether oxygens (including phenoxy) is 3. The zero-order valence-electron chi connectivity index (χ0n) is 16.7. The van der Waals surface area contributed by atoms with E-state index >= 15 is 0 Å². The third-order valence-corrected chi connectivity index (χ3v) is 4.42. The molecule has 0 aromatic carbocycles. The summed E-state index contributed by atoms with van der Waals surface area (Å²) >= 11 is 0. The lowest BCUT2D eigenvalue weighted by Crippen LogP contribution is -2.68. The fourth-order valence-electron chi connectivity index (χ4n) is 3.51. The topological polar surface area (TPSA) is 169 Å². The summed E-state index contributed by atoms with van der Waals surface area (Å²) in [6.07, 6.45) is -3.04. The van der Waals surface area contributed by atoms with E-state index in [0.717, 1.165) is 4.90 Å². The van der Waals surface area contributed by atoms with Crippen LogP contribution in [0.25, 0.3) is 0 Å². The first-order valence-corrected chi connectivity index (χ1v) is 9.02. The van der Waals surface area contributed by atoms with E-state index in [-0.39, 0.29) is 24.1 Å². The third kappa shape index (κ3) is 4.10. The van der Waals surface area contributed by atoms with Crippen LogP contribution in [0.1, 0.15) is 27.7 Å². The monoisotopic (exact) mass is 423 g/mol. The number of hydrogen-bond acceptors (Lipinski definition) is 10. The van der Waals surface area contributed by atoms with Crippen LogP contribution in [0, 0.1) is 0 Å². The van der Waals surface area contributed by atoms with Crippen molar-refractivity contribution in [3.8, 4) is 0 Å². The molecule has 13 nitrogen and oxygen atoms in total. The van der Waals surface area contributed by atoms with E-state index in [0.29, 0.717) is 0 Å². The molecule has 1 fully saturated rings. The molecule has 1 aromatic heterocycles. The summed E-state index contributed by atoms with van der Waals surface area (Å²) in [5.74, 6) is -2.44. The average molecular weight is 423 g/mol. The molecule has 0 unspecified atom stereocenters. The van der Waals surface area contributed by atoms with Gasteiger partial charge >= 0.3 is 11.9 Å². The highest BCUT2D eigenvalue weighted by molar-refractivity contribution is 5.97. The lowest BCUT2D eigenvalue weighted by Gasteiger charge is -2.48. The van der Waals surface area contributed by atoms with Crippen LogP contribution in [0.3, 0.4) is 0 Å². The number of amides is 2. The molecule has 2 amide bonds. The zero-order valence-corrected chi connectivity index (χ0v) is 16.7. The maximum Gasteiger partial charge on any atom is 0.303 e. The zero-order chi connectivity index (χ0) is 22.2. The minimum absolute atomic E-state index is 0.00791. The van der Waals surface area contributed by atoms with Crippen LogP contribution >= 0.6 is 0 Å². The molecule has 2 aliphatic heterocycles. The summed E-state index contributed by atoms with van der Waals surface area (Å²) in [4.78, 5) is 67.3. The predicted octanol–water partition coefficient (Wildman–Crippen LogP) is -0.905. The van der Waals surface area contributed by atoms with Gasteiger partial charge < -0.3 is 19.5 Å². The molecule has 0 saturated carbocycles. The molecule has 0 spiro atoms. The largest absolute Gasteiger partial charge is 0.456 e. The Hall–Kier alpha value is -3.48. The summed E-state index contributed by atoms with van der Waals surface area (Å²) in [6, 6.07) is -1.02. The van der Waals surface area contributed by atoms with Crippen LogP contribution < -0.4 is 21.1 Å². The Morgan fingerprint density at radius 1 is 1.13 bits per heavy atom. The van der Waals surface area contributed by atoms with Gasteiger partial charge in [0.1, 0.15) is 6.04 Å². The van der Waals surface area contributed by atoms with Gasteiger partial charge in [-0.15, -0.1) is 0 Å². The lowest BCUT2D eigenvalue weighted by molar-refractivity contribution is -0.190. The molecular weight excluding hydrogens is 402 g/mol. The van der Waals surface area contributed by atoms with Gasteiger partial charge in [0, 0.05) is 27.7 Å². The minimum Gasteiger partial charge on any atom is -0.456 e. The molecule has 2 aliphatic rings. The highest BCUT2D eigenvalue weighted by Gasteiger charge is 2.52. The molecule has 3 heterocycles. The number of fused-ring (bicyclic) bond motifs is 2. The minimum atomic E-state index is -1.11. The van der Waals surface area contributed by atoms with Gasteiger partial charge in [0.2, 0.25) is 17.8 Å². The van der Waals surface area contributed by atoms with Gasteiger partial charge in [0.05, 0.1) is 6.61 Å². The lowest BCUT2D eigenvalue weighted by atomic mass is 9.96. The van der Waals surface area contributed by atoms with Crippen molar-refractivity contribution in [3.05, 3.63) is 10.4 Å². The van der Waals surface area contributed by atoms with E-state index in [9.17, 15) is 24.0 Å². The Labute approximate surface area is 170 Å². The van der Waals surface area contributed by atoms with Crippen molar-refractivity contribution in [2.24, 2.45) is 0 Å². The molecule has 0 aliphatic carbocycles. The average Bonchev–Trinajstić information content (AvgIpc) is 2.60. The van der Waals surface area contributed by atoms with E-state index in [1.54, 1.807) is 0 Å². The molecule has 0 bridgehead atoms. The number of aromatic amines is 1. The molecule has 13 heteroatoms. The van der Waals surface area contributed by atoms with Crippen LogP contribution in [0.4, 0.5) is 17.5 Å². The van der Waals surface area contributed by atoms with E-state index in [1.807, 2.05) is 0 Å². The van der Waals surface area contributed by atoms with Crippen LogP contribution in [0.15, 0.2) is 4.79 Å². The van der Waals surface area contributed by atoms with Crippen LogP contribution in [0.5, 0.6) is 0 Å². The second kappa shape index (κ2) is 8.10. The molecule has 3 rings (SSSR count). The maximum absolute atomic E-state index is 12.7. The van der Waals surface area contributed by atoms with Crippen molar-refractivity contribution in [1.29, 1.82) is 0 Å². The predicted molar refractivity (Wildman–Crippen MR) is 101 cm³/mol. The van der Waals surface area contributed by atoms with Gasteiger partial charge in [-0.1, -0.05) is 0 Å². The van der Waals surface area contributed by atoms with Crippen molar-refractivity contribution in [3.63, 3.8) is 0 Å². The highest BCUT2D eigenvalue weighted by Crippen LogP contribution is 2.36. The SMILES string of the molecule is CC(=O)Nc1nc2c(c(=O)[nH]1)N(C(C)=O)[C@@H]1[C@@H](OC(C)=O)[C@@H](OC(C)=O)CO[C@@H]1N2. The summed E-state index contributed by atoms with van der Waals surface area (Å²) in [5, 5.41) is 5.24. The number of carbonyl (C=O) groups excluding carboxylic acids is 4. The van der Waals surface area contributed by atoms with Crippen LogP contribution in [0.2, 0.25) is 0 Å². The highest BCUT2D eigenvalue weighted by atomic mass is 16.6. The number of nitrogens with one attached hydrogen (secondary N) is 3. The molecule has 1 saturated heterocycles. The first-order valence-electron chi connectivity index (χ1n) is 9.02. The van der Waals surface area contributed by atoms with E-state index < -0.39 is 53.8 Å². The molecule has 3 N–H and O–H groups in total. The molecule has 30 heavy (non-hydrogen) atoms. The van der Waals surface area contributed by atoms with Gasteiger partial charge in [-0.05, 0) is 0 Å². The number of carbonyl (C=O) groups is 4. The van der Waals surface area contributed by atoms with Gasteiger partial charge in [-0.3, -0.25) is 39.2 Å². The number of anilines is 3. The van der Waals surface area contributed by atoms with Crippen molar-refractivity contribution >= 4 is 41.2 Å². The summed E-state index contributed by atoms with van der Waals surface area (Å²) in [6.45, 7) is 4.69. The Bertz CT molecular complexity index is 960. The van der Waals surface area contributed by atoms with Crippen LogP contribution in [-0.2, 0) is 33.4 Å². The third-order valence-electron chi connectivity index (χ3n) is 4.42. The van der Waals surface area contributed by atoms with Crippen molar-refractivity contribution < 1.29 is 33.4 Å². The van der Waals surface area contributed by atoms with Gasteiger partial charge in [0.25, 0.3) is 5.56 Å². The quantitative estimate of drug-likeness (QED) is 0.518. The van der Waals surface area contributed by atoms with Gasteiger partial charge in [0.15, 0.2) is 29.9 Å². The Morgan fingerprint density at radius 3 is 2.37 bits per heavy atom. The normalized spacial score (nSPS) is 24.6. The van der Waals surface area contributed by atoms with E-state index in [1.165, 1.54) is 27.7 Å². The first kappa shape index (κ1) is 21.2.